The van der Waals surface area contributed by atoms with Crippen LogP contribution in [0.2, 0.25) is 0 Å². The first-order valence-corrected chi connectivity index (χ1v) is 4.74. The monoisotopic (exact) mass is 186 g/mol. The van der Waals surface area contributed by atoms with Crippen LogP contribution in [0.15, 0.2) is 0 Å². The molecule has 1 amide bonds. The summed E-state index contributed by atoms with van der Waals surface area (Å²) in [5.74, 6) is 0.580. The maximum absolute atomic E-state index is 11.2. The lowest BCUT2D eigenvalue weighted by Crippen LogP contribution is -2.56. The van der Waals surface area contributed by atoms with E-state index in [1.807, 2.05) is 0 Å². The van der Waals surface area contributed by atoms with Gasteiger partial charge < -0.3 is 10.4 Å². The van der Waals surface area contributed by atoms with E-state index in [-0.39, 0.29) is 18.6 Å². The Bertz CT molecular complexity index is 182. The quantitative estimate of drug-likeness (QED) is 0.621. The zero-order valence-corrected chi connectivity index (χ0v) is 8.29. The summed E-state index contributed by atoms with van der Waals surface area (Å²) < 4.78 is 0. The Morgan fingerprint density at radius 2 is 2.38 bits per heavy atom. The Labute approximate surface area is 78.9 Å². The lowest BCUT2D eigenvalue weighted by atomic mass is 10.1. The first-order chi connectivity index (χ1) is 6.11. The number of piperazine rings is 1. The Kier molecular flexibility index (Phi) is 3.69. The Hall–Kier alpha value is -0.610. The van der Waals surface area contributed by atoms with Crippen molar-refractivity contribution >= 4 is 5.91 Å². The van der Waals surface area contributed by atoms with E-state index in [1.165, 1.54) is 0 Å². The second kappa shape index (κ2) is 4.58. The maximum atomic E-state index is 11.2. The second-order valence-electron chi connectivity index (χ2n) is 4.03. The summed E-state index contributed by atoms with van der Waals surface area (Å²) in [5, 5.41) is 11.7. The van der Waals surface area contributed by atoms with Gasteiger partial charge in [-0.05, 0) is 5.92 Å². The van der Waals surface area contributed by atoms with Crippen LogP contribution in [-0.4, -0.2) is 48.2 Å². The summed E-state index contributed by atoms with van der Waals surface area (Å²) in [6.45, 7) is 6.43. The highest BCUT2D eigenvalue weighted by Gasteiger charge is 2.23. The van der Waals surface area contributed by atoms with Crippen LogP contribution in [0.25, 0.3) is 0 Å². The van der Waals surface area contributed by atoms with Crippen molar-refractivity contribution < 1.29 is 9.90 Å². The van der Waals surface area contributed by atoms with Gasteiger partial charge in [0.15, 0.2) is 0 Å². The summed E-state index contributed by atoms with van der Waals surface area (Å²) in [6.07, 6.45) is 0. The number of rotatable bonds is 3. The van der Waals surface area contributed by atoms with Crippen LogP contribution in [0.3, 0.4) is 0 Å². The van der Waals surface area contributed by atoms with E-state index >= 15 is 0 Å². The van der Waals surface area contributed by atoms with Crippen molar-refractivity contribution in [1.29, 1.82) is 0 Å². The van der Waals surface area contributed by atoms with E-state index < -0.39 is 0 Å². The van der Waals surface area contributed by atoms with Crippen molar-refractivity contribution in [3.8, 4) is 0 Å². The molecule has 1 saturated heterocycles. The minimum Gasteiger partial charge on any atom is -0.394 e. The fourth-order valence-corrected chi connectivity index (χ4v) is 1.66. The third-order valence-corrected chi connectivity index (χ3v) is 2.05. The van der Waals surface area contributed by atoms with Crippen molar-refractivity contribution in [3.05, 3.63) is 0 Å². The van der Waals surface area contributed by atoms with E-state index in [0.29, 0.717) is 12.5 Å². The van der Waals surface area contributed by atoms with E-state index in [4.69, 9.17) is 5.11 Å². The van der Waals surface area contributed by atoms with E-state index in [0.717, 1.165) is 13.1 Å². The standard InChI is InChI=1S/C9H18N2O2/c1-7(2)3-11-4-8(6-12)10-9(13)5-11/h7-8,12H,3-6H2,1-2H3,(H,10,13). The molecule has 0 bridgehead atoms. The normalized spacial score (nSPS) is 24.9. The molecule has 0 aliphatic carbocycles. The highest BCUT2D eigenvalue weighted by Crippen LogP contribution is 2.03. The van der Waals surface area contributed by atoms with Crippen LogP contribution in [0.1, 0.15) is 13.8 Å². The second-order valence-corrected chi connectivity index (χ2v) is 4.03. The highest BCUT2D eigenvalue weighted by molar-refractivity contribution is 5.79. The van der Waals surface area contributed by atoms with Crippen LogP contribution in [-0.2, 0) is 4.79 Å². The van der Waals surface area contributed by atoms with Crippen molar-refractivity contribution in [2.75, 3.05) is 26.2 Å². The summed E-state index contributed by atoms with van der Waals surface area (Å²) in [6, 6.07) is -0.0833. The fraction of sp³-hybridized carbons (Fsp3) is 0.889. The molecule has 1 atom stereocenters. The van der Waals surface area contributed by atoms with Gasteiger partial charge >= 0.3 is 0 Å². The number of carbonyl (C=O) groups is 1. The van der Waals surface area contributed by atoms with Gasteiger partial charge in [0.2, 0.25) is 5.91 Å². The Balaban J connectivity index is 2.42. The molecule has 4 nitrogen and oxygen atoms in total. The number of hydrogen-bond acceptors (Lipinski definition) is 3. The van der Waals surface area contributed by atoms with Gasteiger partial charge in [-0.3, -0.25) is 9.69 Å². The van der Waals surface area contributed by atoms with Gasteiger partial charge in [-0.15, -0.1) is 0 Å². The van der Waals surface area contributed by atoms with Gasteiger partial charge in [-0.2, -0.15) is 0 Å². The zero-order chi connectivity index (χ0) is 9.84. The van der Waals surface area contributed by atoms with Crippen molar-refractivity contribution in [2.24, 2.45) is 5.92 Å². The molecule has 13 heavy (non-hydrogen) atoms. The summed E-state index contributed by atoms with van der Waals surface area (Å²) in [5.41, 5.74) is 0. The lowest BCUT2D eigenvalue weighted by Gasteiger charge is -2.32. The van der Waals surface area contributed by atoms with Crippen LogP contribution < -0.4 is 5.32 Å². The smallest absolute Gasteiger partial charge is 0.234 e. The third-order valence-electron chi connectivity index (χ3n) is 2.05. The Morgan fingerprint density at radius 3 is 2.92 bits per heavy atom. The molecule has 76 valence electrons. The van der Waals surface area contributed by atoms with Crippen LogP contribution in [0.5, 0.6) is 0 Å². The SMILES string of the molecule is CC(C)CN1CC(=O)NC(CO)C1. The molecule has 0 saturated carbocycles. The van der Waals surface area contributed by atoms with Crippen LogP contribution in [0, 0.1) is 5.92 Å². The predicted octanol–water partition coefficient (Wildman–Crippen LogP) is -0.565. The number of nitrogens with one attached hydrogen (secondary N) is 1. The summed E-state index contributed by atoms with van der Waals surface area (Å²) >= 11 is 0. The first kappa shape index (κ1) is 10.5. The van der Waals surface area contributed by atoms with Crippen molar-refractivity contribution in [3.63, 3.8) is 0 Å². The third kappa shape index (κ3) is 3.32. The van der Waals surface area contributed by atoms with E-state index in [1.54, 1.807) is 0 Å². The van der Waals surface area contributed by atoms with Gasteiger partial charge in [0.25, 0.3) is 0 Å². The Morgan fingerprint density at radius 1 is 1.69 bits per heavy atom. The maximum Gasteiger partial charge on any atom is 0.234 e. The van der Waals surface area contributed by atoms with Crippen LogP contribution in [0.4, 0.5) is 0 Å². The molecule has 0 radical (unpaired) electrons. The molecule has 0 spiro atoms. The fourth-order valence-electron chi connectivity index (χ4n) is 1.66. The number of amides is 1. The summed E-state index contributed by atoms with van der Waals surface area (Å²) in [4.78, 5) is 13.2. The predicted molar refractivity (Wildman–Crippen MR) is 50.3 cm³/mol. The topological polar surface area (TPSA) is 52.6 Å². The van der Waals surface area contributed by atoms with E-state index in [2.05, 4.69) is 24.1 Å². The molecule has 1 aliphatic heterocycles. The number of nitrogens with zero attached hydrogens (tertiary/aromatic N) is 1. The lowest BCUT2D eigenvalue weighted by molar-refractivity contribution is -0.126. The molecule has 1 heterocycles. The van der Waals surface area contributed by atoms with Gasteiger partial charge in [0.05, 0.1) is 19.2 Å². The molecule has 0 aromatic heterocycles. The van der Waals surface area contributed by atoms with Gasteiger partial charge in [-0.1, -0.05) is 13.8 Å². The highest BCUT2D eigenvalue weighted by atomic mass is 16.3. The first-order valence-electron chi connectivity index (χ1n) is 4.74. The number of aliphatic hydroxyl groups excluding tert-OH is 1. The van der Waals surface area contributed by atoms with Gasteiger partial charge in [0.1, 0.15) is 0 Å². The average Bonchev–Trinajstić information content (AvgIpc) is 2.01. The van der Waals surface area contributed by atoms with Gasteiger partial charge in [-0.25, -0.2) is 0 Å². The molecular weight excluding hydrogens is 168 g/mol. The van der Waals surface area contributed by atoms with Gasteiger partial charge in [0, 0.05) is 13.1 Å². The molecule has 1 fully saturated rings. The molecule has 4 heteroatoms. The molecule has 1 rings (SSSR count). The molecule has 2 N–H and O–H groups in total. The minimum atomic E-state index is -0.0833. The minimum absolute atomic E-state index is 0.0194. The summed E-state index contributed by atoms with van der Waals surface area (Å²) in [7, 11) is 0. The number of hydrogen-bond donors (Lipinski definition) is 2. The van der Waals surface area contributed by atoms with E-state index in [9.17, 15) is 4.79 Å². The molecular formula is C9H18N2O2. The van der Waals surface area contributed by atoms with Crippen LogP contribution >= 0.6 is 0 Å². The largest absolute Gasteiger partial charge is 0.394 e. The average molecular weight is 186 g/mol. The molecule has 0 aromatic rings. The molecule has 0 aromatic carbocycles. The van der Waals surface area contributed by atoms with Crippen molar-refractivity contribution in [1.82, 2.24) is 10.2 Å². The zero-order valence-electron chi connectivity index (χ0n) is 8.29. The molecule has 1 aliphatic rings. The number of aliphatic hydroxyl groups is 1. The van der Waals surface area contributed by atoms with Crippen molar-refractivity contribution in [2.45, 2.75) is 19.9 Å². The molecule has 1 unspecified atom stereocenters. The number of carbonyl (C=O) groups excluding carboxylic acids is 1.